The number of hydrogen-bond donors (Lipinski definition) is 4. The van der Waals surface area contributed by atoms with Crippen LogP contribution >= 0.6 is 0 Å². The Morgan fingerprint density at radius 3 is 2.29 bits per heavy atom. The molecular formula is C9H19N7O. The molecule has 0 unspecified atom stereocenters. The van der Waals surface area contributed by atoms with E-state index in [1.807, 2.05) is 14.1 Å². The Morgan fingerprint density at radius 2 is 1.82 bits per heavy atom. The summed E-state index contributed by atoms with van der Waals surface area (Å²) in [6, 6.07) is 0. The smallest absolute Gasteiger partial charge is 0.243 e. The normalized spacial score (nSPS) is 11.2. The molecule has 8 nitrogen and oxygen atoms in total. The summed E-state index contributed by atoms with van der Waals surface area (Å²) in [6.07, 6.45) is 0. The average Bonchev–Trinajstić information content (AvgIpc) is 2.25. The number of nitrogens with zero attached hydrogens (tertiary/aromatic N) is 4. The third-order valence-electron chi connectivity index (χ3n) is 1.83. The van der Waals surface area contributed by atoms with Gasteiger partial charge in [0.2, 0.25) is 17.8 Å². The van der Waals surface area contributed by atoms with Gasteiger partial charge in [-0.15, -0.1) is 0 Å². The molecular weight excluding hydrogens is 222 g/mol. The Balaban J connectivity index is 2.87. The molecule has 0 aromatic carbocycles. The zero-order chi connectivity index (χ0) is 13.1. The summed E-state index contributed by atoms with van der Waals surface area (Å²) in [5.41, 5.74) is 1.52. The molecule has 0 saturated heterocycles. The third-order valence-corrected chi connectivity index (χ3v) is 1.83. The van der Waals surface area contributed by atoms with Crippen molar-refractivity contribution in [3.05, 3.63) is 0 Å². The molecule has 1 rings (SSSR count). The van der Waals surface area contributed by atoms with Crippen LogP contribution in [0.4, 0.5) is 17.8 Å². The zero-order valence-electron chi connectivity index (χ0n) is 10.5. The number of aliphatic hydroxyl groups is 1. The maximum absolute atomic E-state index is 9.60. The van der Waals surface area contributed by atoms with Crippen LogP contribution in [0.3, 0.4) is 0 Å². The predicted octanol–water partition coefficient (Wildman–Crippen LogP) is -0.594. The number of anilines is 3. The standard InChI is InChI=1S/C9H19N7O/c1-9(2,17)5-11-6-12-7(15-10)14-8(13-6)16(3)4/h17H,5,10H2,1-4H3,(H2,11,12,13,14,15). The van der Waals surface area contributed by atoms with Crippen LogP contribution in [0, 0.1) is 0 Å². The van der Waals surface area contributed by atoms with Crippen LogP contribution < -0.4 is 21.5 Å². The van der Waals surface area contributed by atoms with Gasteiger partial charge in [-0.3, -0.25) is 5.43 Å². The second kappa shape index (κ2) is 5.11. The first kappa shape index (κ1) is 13.4. The molecule has 5 N–H and O–H groups in total. The third kappa shape index (κ3) is 4.37. The van der Waals surface area contributed by atoms with Crippen LogP contribution in [0.15, 0.2) is 0 Å². The van der Waals surface area contributed by atoms with Crippen molar-refractivity contribution in [3.63, 3.8) is 0 Å². The molecule has 1 heterocycles. The molecule has 0 aliphatic heterocycles. The van der Waals surface area contributed by atoms with Gasteiger partial charge < -0.3 is 15.3 Å². The zero-order valence-corrected chi connectivity index (χ0v) is 10.5. The van der Waals surface area contributed by atoms with Crippen LogP contribution in [0.25, 0.3) is 0 Å². The molecule has 0 spiro atoms. The molecule has 96 valence electrons. The highest BCUT2D eigenvalue weighted by molar-refractivity contribution is 5.42. The lowest BCUT2D eigenvalue weighted by molar-refractivity contribution is 0.0943. The van der Waals surface area contributed by atoms with Crippen LogP contribution in [-0.2, 0) is 0 Å². The summed E-state index contributed by atoms with van der Waals surface area (Å²) in [5, 5.41) is 12.5. The highest BCUT2D eigenvalue weighted by atomic mass is 16.3. The monoisotopic (exact) mass is 241 g/mol. The molecule has 0 aliphatic rings. The van der Waals surface area contributed by atoms with E-state index in [4.69, 9.17) is 5.84 Å². The number of hydrazine groups is 1. The maximum atomic E-state index is 9.60. The first-order valence-corrected chi connectivity index (χ1v) is 5.18. The number of nitrogens with two attached hydrogens (primary N) is 1. The molecule has 17 heavy (non-hydrogen) atoms. The molecule has 1 aromatic rings. The predicted molar refractivity (Wildman–Crippen MR) is 66.8 cm³/mol. The van der Waals surface area contributed by atoms with E-state index in [0.717, 1.165) is 0 Å². The summed E-state index contributed by atoms with van der Waals surface area (Å²) in [4.78, 5) is 14.0. The van der Waals surface area contributed by atoms with Crippen molar-refractivity contribution in [1.82, 2.24) is 15.0 Å². The van der Waals surface area contributed by atoms with Crippen molar-refractivity contribution in [2.45, 2.75) is 19.4 Å². The lowest BCUT2D eigenvalue weighted by Gasteiger charge is -2.18. The van der Waals surface area contributed by atoms with Crippen molar-refractivity contribution in [2.24, 2.45) is 5.84 Å². The topological polar surface area (TPSA) is 112 Å². The number of aromatic nitrogens is 3. The number of nitrogen functional groups attached to an aromatic ring is 1. The lowest BCUT2D eigenvalue weighted by atomic mass is 10.1. The quantitative estimate of drug-likeness (QED) is 0.399. The Bertz CT molecular complexity index is 374. The molecule has 0 atom stereocenters. The van der Waals surface area contributed by atoms with Crippen molar-refractivity contribution < 1.29 is 5.11 Å². The minimum atomic E-state index is -0.846. The van der Waals surface area contributed by atoms with Crippen LogP contribution in [0.1, 0.15) is 13.8 Å². The largest absolute Gasteiger partial charge is 0.389 e. The van der Waals surface area contributed by atoms with Gasteiger partial charge in [0.15, 0.2) is 0 Å². The van der Waals surface area contributed by atoms with Crippen molar-refractivity contribution >= 4 is 17.8 Å². The molecule has 0 saturated carbocycles. The Kier molecular flexibility index (Phi) is 4.02. The van der Waals surface area contributed by atoms with E-state index in [0.29, 0.717) is 18.4 Å². The SMILES string of the molecule is CN(C)c1nc(NN)nc(NCC(C)(C)O)n1. The van der Waals surface area contributed by atoms with Crippen molar-refractivity contribution in [1.29, 1.82) is 0 Å². The van der Waals surface area contributed by atoms with Gasteiger partial charge in [-0.25, -0.2) is 5.84 Å². The highest BCUT2D eigenvalue weighted by Gasteiger charge is 2.14. The van der Waals surface area contributed by atoms with Gasteiger partial charge in [0, 0.05) is 20.6 Å². The second-order valence-electron chi connectivity index (χ2n) is 4.49. The second-order valence-corrected chi connectivity index (χ2v) is 4.49. The van der Waals surface area contributed by atoms with Gasteiger partial charge in [-0.2, -0.15) is 15.0 Å². The van der Waals surface area contributed by atoms with E-state index >= 15 is 0 Å². The number of rotatable bonds is 5. The van der Waals surface area contributed by atoms with Gasteiger partial charge in [-0.1, -0.05) is 0 Å². The lowest BCUT2D eigenvalue weighted by Crippen LogP contribution is -2.30. The average molecular weight is 241 g/mol. The summed E-state index contributed by atoms with van der Waals surface area (Å²) < 4.78 is 0. The molecule has 0 amide bonds. The van der Waals surface area contributed by atoms with E-state index in [-0.39, 0.29) is 5.95 Å². The van der Waals surface area contributed by atoms with Crippen LogP contribution in [0.5, 0.6) is 0 Å². The minimum Gasteiger partial charge on any atom is -0.389 e. The molecule has 0 radical (unpaired) electrons. The van der Waals surface area contributed by atoms with Crippen LogP contribution in [-0.4, -0.2) is 46.3 Å². The van der Waals surface area contributed by atoms with E-state index in [1.165, 1.54) is 0 Å². The van der Waals surface area contributed by atoms with E-state index < -0.39 is 5.60 Å². The fourth-order valence-electron chi connectivity index (χ4n) is 1.00. The Labute approximate surface area is 100 Å². The fraction of sp³-hybridized carbons (Fsp3) is 0.667. The Morgan fingerprint density at radius 1 is 1.24 bits per heavy atom. The van der Waals surface area contributed by atoms with Gasteiger partial charge in [-0.05, 0) is 13.8 Å². The van der Waals surface area contributed by atoms with Crippen molar-refractivity contribution in [3.8, 4) is 0 Å². The molecule has 1 aromatic heterocycles. The maximum Gasteiger partial charge on any atom is 0.243 e. The van der Waals surface area contributed by atoms with E-state index in [1.54, 1.807) is 18.7 Å². The molecule has 0 aliphatic carbocycles. The van der Waals surface area contributed by atoms with Gasteiger partial charge in [0.05, 0.1) is 5.60 Å². The summed E-state index contributed by atoms with van der Waals surface area (Å²) >= 11 is 0. The summed E-state index contributed by atoms with van der Waals surface area (Å²) in [5.74, 6) is 6.37. The van der Waals surface area contributed by atoms with Crippen LogP contribution in [0.2, 0.25) is 0 Å². The molecule has 0 bridgehead atoms. The summed E-state index contributed by atoms with van der Waals surface area (Å²) in [7, 11) is 3.63. The number of hydrogen-bond acceptors (Lipinski definition) is 8. The van der Waals surface area contributed by atoms with Gasteiger partial charge in [0.1, 0.15) is 0 Å². The van der Waals surface area contributed by atoms with Crippen molar-refractivity contribution in [2.75, 3.05) is 36.3 Å². The first-order valence-electron chi connectivity index (χ1n) is 5.18. The van der Waals surface area contributed by atoms with E-state index in [2.05, 4.69) is 25.7 Å². The fourth-order valence-corrected chi connectivity index (χ4v) is 1.00. The summed E-state index contributed by atoms with van der Waals surface area (Å²) in [6.45, 7) is 3.71. The molecule has 8 heteroatoms. The Hall–Kier alpha value is -1.67. The van der Waals surface area contributed by atoms with Gasteiger partial charge in [0.25, 0.3) is 0 Å². The molecule has 0 fully saturated rings. The van der Waals surface area contributed by atoms with Gasteiger partial charge >= 0.3 is 0 Å². The first-order chi connectivity index (χ1) is 7.81. The highest BCUT2D eigenvalue weighted by Crippen LogP contribution is 2.11. The van der Waals surface area contributed by atoms with E-state index in [9.17, 15) is 5.11 Å². The number of nitrogens with one attached hydrogen (secondary N) is 2. The minimum absolute atomic E-state index is 0.266.